The van der Waals surface area contributed by atoms with Crippen molar-refractivity contribution in [2.24, 2.45) is 16.8 Å². The molecule has 2 fully saturated rings. The summed E-state index contributed by atoms with van der Waals surface area (Å²) in [6.45, 7) is 9.94. The first-order valence-corrected chi connectivity index (χ1v) is 11.1. The molecule has 5 nitrogen and oxygen atoms in total. The molecule has 0 aliphatic carbocycles. The van der Waals surface area contributed by atoms with Crippen LogP contribution in [0.2, 0.25) is 5.02 Å². The molecule has 0 amide bonds. The van der Waals surface area contributed by atoms with Crippen molar-refractivity contribution < 1.29 is 4.74 Å². The van der Waals surface area contributed by atoms with E-state index in [0.29, 0.717) is 11.8 Å². The van der Waals surface area contributed by atoms with E-state index in [1.165, 1.54) is 18.4 Å². The number of nitrogens with zero attached hydrogens (tertiary/aromatic N) is 3. The molecule has 3 rings (SSSR count). The van der Waals surface area contributed by atoms with E-state index >= 15 is 0 Å². The van der Waals surface area contributed by atoms with Crippen LogP contribution in [-0.4, -0.2) is 68.7 Å². The Balaban J connectivity index is 0.00000300. The van der Waals surface area contributed by atoms with E-state index in [2.05, 4.69) is 41.2 Å². The Bertz CT molecular complexity index is 631. The van der Waals surface area contributed by atoms with Gasteiger partial charge in [0.05, 0.1) is 6.61 Å². The van der Waals surface area contributed by atoms with E-state index in [9.17, 15) is 0 Å². The average molecular weight is 535 g/mol. The molecule has 7 heteroatoms. The zero-order valence-corrected chi connectivity index (χ0v) is 20.9. The van der Waals surface area contributed by atoms with Crippen LogP contribution in [0, 0.1) is 11.8 Å². The van der Waals surface area contributed by atoms with Gasteiger partial charge in [0.1, 0.15) is 0 Å². The van der Waals surface area contributed by atoms with Gasteiger partial charge in [0.25, 0.3) is 0 Å². The van der Waals surface area contributed by atoms with Gasteiger partial charge in [0.15, 0.2) is 5.96 Å². The molecular formula is C22H36ClIN4O. The highest BCUT2D eigenvalue weighted by Gasteiger charge is 2.21. The third-order valence-corrected chi connectivity index (χ3v) is 6.18. The van der Waals surface area contributed by atoms with Gasteiger partial charge in [0.2, 0.25) is 0 Å². The van der Waals surface area contributed by atoms with E-state index in [0.717, 1.165) is 69.9 Å². The van der Waals surface area contributed by atoms with Gasteiger partial charge in [-0.05, 0) is 56.8 Å². The molecule has 2 aliphatic heterocycles. The van der Waals surface area contributed by atoms with E-state index in [-0.39, 0.29) is 24.0 Å². The third kappa shape index (κ3) is 7.89. The smallest absolute Gasteiger partial charge is 0.193 e. The van der Waals surface area contributed by atoms with Crippen molar-refractivity contribution in [3.8, 4) is 0 Å². The molecule has 2 saturated heterocycles. The molecule has 2 heterocycles. The number of guanidine groups is 1. The average Bonchev–Trinajstić information content (AvgIpc) is 3.21. The summed E-state index contributed by atoms with van der Waals surface area (Å²) >= 11 is 6.31. The number of nitrogens with one attached hydrogen (secondary N) is 1. The maximum absolute atomic E-state index is 6.31. The molecule has 2 aliphatic rings. The number of aliphatic imine (C=N–C) groups is 1. The number of rotatable bonds is 7. The second kappa shape index (κ2) is 13.0. The predicted octanol–water partition coefficient (Wildman–Crippen LogP) is 4.10. The quantitative estimate of drug-likeness (QED) is 0.325. The number of hydrogen-bond acceptors (Lipinski definition) is 3. The van der Waals surface area contributed by atoms with Gasteiger partial charge in [-0.15, -0.1) is 24.0 Å². The van der Waals surface area contributed by atoms with Crippen molar-refractivity contribution in [2.75, 3.05) is 53.0 Å². The Labute approximate surface area is 198 Å². The topological polar surface area (TPSA) is 40.1 Å². The molecular weight excluding hydrogens is 499 g/mol. The fourth-order valence-corrected chi connectivity index (χ4v) is 4.28. The first-order valence-electron chi connectivity index (χ1n) is 10.7. The molecule has 1 atom stereocenters. The number of piperidine rings is 1. The minimum Gasteiger partial charge on any atom is -0.381 e. The van der Waals surface area contributed by atoms with Crippen LogP contribution in [0.5, 0.6) is 0 Å². The molecule has 0 radical (unpaired) electrons. The van der Waals surface area contributed by atoms with Crippen LogP contribution >= 0.6 is 35.6 Å². The molecule has 164 valence electrons. The highest BCUT2D eigenvalue weighted by Crippen LogP contribution is 2.22. The van der Waals surface area contributed by atoms with Gasteiger partial charge in [-0.2, -0.15) is 0 Å². The number of halogens is 2. The molecule has 1 aromatic carbocycles. The van der Waals surface area contributed by atoms with Gasteiger partial charge in [-0.25, -0.2) is 0 Å². The summed E-state index contributed by atoms with van der Waals surface area (Å²) < 4.78 is 5.51. The minimum atomic E-state index is 0. The van der Waals surface area contributed by atoms with Crippen molar-refractivity contribution in [2.45, 2.75) is 32.7 Å². The lowest BCUT2D eigenvalue weighted by molar-refractivity contribution is 0.179. The fourth-order valence-electron chi connectivity index (χ4n) is 4.08. The summed E-state index contributed by atoms with van der Waals surface area (Å²) in [5.74, 6) is 2.33. The van der Waals surface area contributed by atoms with Crippen LogP contribution in [0.1, 0.15) is 31.7 Å². The van der Waals surface area contributed by atoms with Crippen LogP contribution in [0.15, 0.2) is 29.3 Å². The van der Waals surface area contributed by atoms with Gasteiger partial charge in [0, 0.05) is 50.8 Å². The zero-order valence-electron chi connectivity index (χ0n) is 17.8. The largest absolute Gasteiger partial charge is 0.381 e. The van der Waals surface area contributed by atoms with Crippen molar-refractivity contribution in [1.29, 1.82) is 0 Å². The van der Waals surface area contributed by atoms with Crippen LogP contribution in [-0.2, 0) is 11.3 Å². The van der Waals surface area contributed by atoms with Crippen molar-refractivity contribution in [1.82, 2.24) is 15.1 Å². The molecule has 1 unspecified atom stereocenters. The zero-order chi connectivity index (χ0) is 19.8. The lowest BCUT2D eigenvalue weighted by Gasteiger charge is -2.32. The first-order chi connectivity index (χ1) is 13.7. The highest BCUT2D eigenvalue weighted by atomic mass is 127. The standard InChI is InChI=1S/C22H35ClN4O.HI/c1-3-24-22(26(2)15-19-10-13-28-17-19)25-14-18-8-11-27(12-9-18)16-20-6-4-5-7-21(20)23;/h4-7,18-19H,3,8-17H2,1-2H3,(H,24,25);1H. The van der Waals surface area contributed by atoms with Crippen LogP contribution in [0.4, 0.5) is 0 Å². The van der Waals surface area contributed by atoms with Crippen LogP contribution in [0.3, 0.4) is 0 Å². The van der Waals surface area contributed by atoms with E-state index in [1.54, 1.807) is 0 Å². The monoisotopic (exact) mass is 534 g/mol. The molecule has 0 spiro atoms. The lowest BCUT2D eigenvalue weighted by Crippen LogP contribution is -2.42. The van der Waals surface area contributed by atoms with Crippen molar-refractivity contribution in [3.63, 3.8) is 0 Å². The lowest BCUT2D eigenvalue weighted by atomic mass is 9.96. The molecule has 29 heavy (non-hydrogen) atoms. The summed E-state index contributed by atoms with van der Waals surface area (Å²) in [6, 6.07) is 8.18. The summed E-state index contributed by atoms with van der Waals surface area (Å²) in [4.78, 5) is 9.74. The summed E-state index contributed by atoms with van der Waals surface area (Å²) in [6.07, 6.45) is 3.56. The molecule has 0 aromatic heterocycles. The molecule has 1 N–H and O–H groups in total. The summed E-state index contributed by atoms with van der Waals surface area (Å²) in [5.41, 5.74) is 1.23. The van der Waals surface area contributed by atoms with Gasteiger partial charge < -0.3 is 15.0 Å². The second-order valence-electron chi connectivity index (χ2n) is 8.12. The minimum absolute atomic E-state index is 0. The normalized spacial score (nSPS) is 21.1. The number of hydrogen-bond donors (Lipinski definition) is 1. The number of benzene rings is 1. The van der Waals surface area contributed by atoms with E-state index in [4.69, 9.17) is 21.3 Å². The van der Waals surface area contributed by atoms with Crippen LogP contribution in [0.25, 0.3) is 0 Å². The maximum Gasteiger partial charge on any atom is 0.193 e. The van der Waals surface area contributed by atoms with E-state index in [1.807, 2.05) is 12.1 Å². The Morgan fingerprint density at radius 2 is 2.00 bits per heavy atom. The second-order valence-corrected chi connectivity index (χ2v) is 8.52. The Morgan fingerprint density at radius 1 is 1.24 bits per heavy atom. The Morgan fingerprint density at radius 3 is 2.66 bits per heavy atom. The third-order valence-electron chi connectivity index (χ3n) is 5.81. The Kier molecular flexibility index (Phi) is 11.0. The number of ether oxygens (including phenoxy) is 1. The van der Waals surface area contributed by atoms with Crippen LogP contribution < -0.4 is 5.32 Å². The summed E-state index contributed by atoms with van der Waals surface area (Å²) in [7, 11) is 2.14. The van der Waals surface area contributed by atoms with Crippen molar-refractivity contribution in [3.05, 3.63) is 34.9 Å². The number of likely N-dealkylation sites (tertiary alicyclic amines) is 1. The fraction of sp³-hybridized carbons (Fsp3) is 0.682. The maximum atomic E-state index is 6.31. The highest BCUT2D eigenvalue weighted by molar-refractivity contribution is 14.0. The summed E-state index contributed by atoms with van der Waals surface area (Å²) in [5, 5.41) is 4.33. The molecule has 0 saturated carbocycles. The predicted molar refractivity (Wildman–Crippen MR) is 132 cm³/mol. The van der Waals surface area contributed by atoms with E-state index < -0.39 is 0 Å². The van der Waals surface area contributed by atoms with Crippen molar-refractivity contribution >= 4 is 41.5 Å². The molecule has 1 aromatic rings. The first kappa shape index (κ1) is 24.7. The molecule has 0 bridgehead atoms. The van der Waals surface area contributed by atoms with Gasteiger partial charge >= 0.3 is 0 Å². The van der Waals surface area contributed by atoms with Gasteiger partial charge in [-0.1, -0.05) is 29.8 Å². The Hall–Kier alpha value is -0.570. The SMILES string of the molecule is CCNC(=NCC1CCN(Cc2ccccc2Cl)CC1)N(C)CC1CCOC1.I. The van der Waals surface area contributed by atoms with Gasteiger partial charge in [-0.3, -0.25) is 9.89 Å².